The van der Waals surface area contributed by atoms with Crippen LogP contribution in [-0.2, 0) is 7.05 Å². The summed E-state index contributed by atoms with van der Waals surface area (Å²) in [5, 5.41) is 2.80. The normalized spacial score (nSPS) is 11.1. The molecule has 0 radical (unpaired) electrons. The summed E-state index contributed by atoms with van der Waals surface area (Å²) < 4.78 is 23.8. The Morgan fingerprint density at radius 2 is 1.73 bits per heavy atom. The summed E-state index contributed by atoms with van der Waals surface area (Å²) in [5.41, 5.74) is 8.93. The summed E-state index contributed by atoms with van der Waals surface area (Å²) in [6, 6.07) is 20.7. The Bertz CT molecular complexity index is 1790. The fourth-order valence-electron chi connectivity index (χ4n) is 4.53. The lowest BCUT2D eigenvalue weighted by molar-refractivity contribution is 0.102. The Morgan fingerprint density at radius 3 is 2.41 bits per heavy atom. The highest BCUT2D eigenvalue weighted by Crippen LogP contribution is 2.31. The van der Waals surface area contributed by atoms with Crippen molar-refractivity contribution in [3.63, 3.8) is 0 Å². The van der Waals surface area contributed by atoms with Crippen molar-refractivity contribution < 1.29 is 13.9 Å². The highest BCUT2D eigenvalue weighted by atomic mass is 19.1. The molecule has 10 heteroatoms. The van der Waals surface area contributed by atoms with Crippen LogP contribution in [-0.4, -0.2) is 31.3 Å². The minimum Gasteiger partial charge on any atom is -0.488 e. The molecule has 0 bridgehead atoms. The molecule has 0 unspecified atom stereocenters. The molecule has 0 atom stereocenters. The van der Waals surface area contributed by atoms with Gasteiger partial charge in [0, 0.05) is 23.9 Å². The van der Waals surface area contributed by atoms with Gasteiger partial charge in [-0.15, -0.1) is 0 Å². The summed E-state index contributed by atoms with van der Waals surface area (Å²) in [5.74, 6) is -0.763. The molecule has 3 N–H and O–H groups in total. The van der Waals surface area contributed by atoms with Crippen molar-refractivity contribution in [2.75, 3.05) is 11.1 Å². The van der Waals surface area contributed by atoms with E-state index in [1.54, 1.807) is 73.3 Å². The Kier molecular flexibility index (Phi) is 7.39. The van der Waals surface area contributed by atoms with Crippen LogP contribution < -0.4 is 21.3 Å². The number of aromatic nitrogens is 4. The number of hydrogen-bond donors (Lipinski definition) is 2. The summed E-state index contributed by atoms with van der Waals surface area (Å²) in [6.45, 7) is 5.36. The largest absolute Gasteiger partial charge is 0.488 e. The number of amides is 1. The number of nitrogen functional groups attached to an aromatic ring is 1. The topological polar surface area (TPSA) is 117 Å². The number of carbonyl (C=O) groups excluding carboxylic acids is 1. The molecule has 0 saturated heterocycles. The van der Waals surface area contributed by atoms with E-state index in [4.69, 9.17) is 10.5 Å². The van der Waals surface area contributed by atoms with Crippen molar-refractivity contribution >= 4 is 17.4 Å². The minimum atomic E-state index is -0.535. The van der Waals surface area contributed by atoms with Crippen LogP contribution in [0.5, 0.6) is 5.75 Å². The maximum absolute atomic E-state index is 15.2. The quantitative estimate of drug-likeness (QED) is 0.280. The maximum atomic E-state index is 15.2. The molecule has 2 heterocycles. The van der Waals surface area contributed by atoms with Gasteiger partial charge in [0.05, 0.1) is 29.4 Å². The van der Waals surface area contributed by atoms with E-state index < -0.39 is 17.3 Å². The molecule has 41 heavy (non-hydrogen) atoms. The van der Waals surface area contributed by atoms with Crippen molar-refractivity contribution in [3.8, 4) is 34.0 Å². The lowest BCUT2D eigenvalue weighted by atomic mass is 10.1. The van der Waals surface area contributed by atoms with Gasteiger partial charge in [0.25, 0.3) is 11.5 Å². The van der Waals surface area contributed by atoms with Crippen LogP contribution in [0.4, 0.5) is 15.9 Å². The SMILES string of the molecule is Cc1c(C(=O)Nc2ccc(-c3nc(-c4cccc(OC(C)C)c4F)cnc3N)cc2)c(=O)n(-c2ccccc2)n1C. The van der Waals surface area contributed by atoms with Gasteiger partial charge < -0.3 is 15.8 Å². The van der Waals surface area contributed by atoms with Gasteiger partial charge in [0.1, 0.15) is 17.1 Å². The second-order valence-corrected chi connectivity index (χ2v) is 9.74. The van der Waals surface area contributed by atoms with E-state index in [9.17, 15) is 9.59 Å². The van der Waals surface area contributed by atoms with Crippen LogP contribution >= 0.6 is 0 Å². The predicted molar refractivity (Wildman–Crippen MR) is 157 cm³/mol. The fourth-order valence-corrected chi connectivity index (χ4v) is 4.53. The zero-order valence-electron chi connectivity index (χ0n) is 23.1. The molecule has 0 saturated carbocycles. The second kappa shape index (κ2) is 11.1. The standard InChI is InChI=1S/C31H29FN6O3/c1-18(2)41-25-12-8-11-23(27(25)32)24-17-34-29(33)28(36-24)20-13-15-21(16-14-20)35-30(39)26-19(3)37(4)38(31(26)40)22-9-6-5-7-10-22/h5-18H,1-4H3,(H2,33,34)(H,35,39). The molecule has 0 fully saturated rings. The number of benzene rings is 3. The molecular weight excluding hydrogens is 523 g/mol. The van der Waals surface area contributed by atoms with Crippen molar-refractivity contribution in [2.45, 2.75) is 26.9 Å². The van der Waals surface area contributed by atoms with Crippen molar-refractivity contribution in [3.05, 3.63) is 106 Å². The maximum Gasteiger partial charge on any atom is 0.284 e. The smallest absolute Gasteiger partial charge is 0.284 e. The van der Waals surface area contributed by atoms with E-state index in [2.05, 4.69) is 15.3 Å². The first-order valence-electron chi connectivity index (χ1n) is 13.0. The van der Waals surface area contributed by atoms with Crippen LogP contribution in [0.1, 0.15) is 29.9 Å². The molecule has 0 aliphatic carbocycles. The number of carbonyl (C=O) groups is 1. The molecule has 208 valence electrons. The van der Waals surface area contributed by atoms with E-state index in [-0.39, 0.29) is 28.8 Å². The van der Waals surface area contributed by atoms with Gasteiger partial charge in [-0.2, -0.15) is 0 Å². The Labute approximate surface area is 236 Å². The number of nitrogens with one attached hydrogen (secondary N) is 1. The van der Waals surface area contributed by atoms with E-state index in [0.717, 1.165) is 0 Å². The lowest BCUT2D eigenvalue weighted by Crippen LogP contribution is -2.25. The Balaban J connectivity index is 1.41. The van der Waals surface area contributed by atoms with Crippen LogP contribution in [0.2, 0.25) is 0 Å². The number of nitrogens with two attached hydrogens (primary N) is 1. The summed E-state index contributed by atoms with van der Waals surface area (Å²) in [4.78, 5) is 35.2. The molecule has 1 amide bonds. The summed E-state index contributed by atoms with van der Waals surface area (Å²) >= 11 is 0. The average Bonchev–Trinajstić information content (AvgIpc) is 3.18. The van der Waals surface area contributed by atoms with Gasteiger partial charge in [-0.25, -0.2) is 19.0 Å². The summed E-state index contributed by atoms with van der Waals surface area (Å²) in [6.07, 6.45) is 1.22. The molecule has 5 aromatic rings. The number of nitrogens with zero attached hydrogens (tertiary/aromatic N) is 4. The Morgan fingerprint density at radius 1 is 1.02 bits per heavy atom. The van der Waals surface area contributed by atoms with E-state index in [1.165, 1.54) is 10.9 Å². The van der Waals surface area contributed by atoms with Gasteiger partial charge in [0.2, 0.25) is 0 Å². The van der Waals surface area contributed by atoms with Gasteiger partial charge in [-0.3, -0.25) is 14.3 Å². The molecule has 9 nitrogen and oxygen atoms in total. The number of hydrogen-bond acceptors (Lipinski definition) is 6. The molecule has 5 rings (SSSR count). The zero-order chi connectivity index (χ0) is 29.3. The van der Waals surface area contributed by atoms with Gasteiger partial charge >= 0.3 is 0 Å². The average molecular weight is 553 g/mol. The highest BCUT2D eigenvalue weighted by Gasteiger charge is 2.22. The van der Waals surface area contributed by atoms with Gasteiger partial charge in [-0.1, -0.05) is 36.4 Å². The third-order valence-corrected chi connectivity index (χ3v) is 6.60. The van der Waals surface area contributed by atoms with Gasteiger partial charge in [0.15, 0.2) is 11.6 Å². The monoisotopic (exact) mass is 552 g/mol. The molecule has 0 aliphatic heterocycles. The van der Waals surface area contributed by atoms with Crippen molar-refractivity contribution in [2.24, 2.45) is 7.05 Å². The third kappa shape index (κ3) is 5.31. The van der Waals surface area contributed by atoms with Gasteiger partial charge in [-0.05, 0) is 57.2 Å². The zero-order valence-corrected chi connectivity index (χ0v) is 23.1. The fraction of sp³-hybridized carbons (Fsp3) is 0.161. The third-order valence-electron chi connectivity index (χ3n) is 6.60. The number of halogens is 1. The molecule has 3 aromatic carbocycles. The van der Waals surface area contributed by atoms with Crippen LogP contribution in [0.3, 0.4) is 0 Å². The van der Waals surface area contributed by atoms with Crippen LogP contribution in [0, 0.1) is 12.7 Å². The molecule has 2 aromatic heterocycles. The Hall–Kier alpha value is -5.25. The number of rotatable bonds is 7. The molecule has 0 spiro atoms. The van der Waals surface area contributed by atoms with E-state index in [1.807, 2.05) is 32.0 Å². The van der Waals surface area contributed by atoms with E-state index in [0.29, 0.717) is 34.0 Å². The first-order chi connectivity index (χ1) is 19.7. The van der Waals surface area contributed by atoms with Crippen LogP contribution in [0.15, 0.2) is 83.8 Å². The van der Waals surface area contributed by atoms with Crippen molar-refractivity contribution in [1.82, 2.24) is 19.3 Å². The number of ether oxygens (including phenoxy) is 1. The minimum absolute atomic E-state index is 0.0499. The highest BCUT2D eigenvalue weighted by molar-refractivity contribution is 6.05. The lowest BCUT2D eigenvalue weighted by Gasteiger charge is -2.13. The number of para-hydroxylation sites is 1. The first kappa shape index (κ1) is 27.3. The molecule has 0 aliphatic rings. The second-order valence-electron chi connectivity index (χ2n) is 9.74. The van der Waals surface area contributed by atoms with Crippen LogP contribution in [0.25, 0.3) is 28.2 Å². The number of anilines is 2. The molecular formula is C31H29FN6O3. The van der Waals surface area contributed by atoms with Crippen molar-refractivity contribution in [1.29, 1.82) is 0 Å². The predicted octanol–water partition coefficient (Wildman–Crippen LogP) is 5.37. The van der Waals surface area contributed by atoms with E-state index >= 15 is 4.39 Å². The first-order valence-corrected chi connectivity index (χ1v) is 13.0. The summed E-state index contributed by atoms with van der Waals surface area (Å²) in [7, 11) is 1.73.